The number of hydrogen-bond donors (Lipinski definition) is 1. The second-order valence-electron chi connectivity index (χ2n) is 6.44. The van der Waals surface area contributed by atoms with Crippen molar-refractivity contribution >= 4 is 0 Å². The van der Waals surface area contributed by atoms with E-state index in [-0.39, 0.29) is 0 Å². The fourth-order valence-electron chi connectivity index (χ4n) is 3.42. The average molecular weight is 292 g/mol. The molecule has 1 N–H and O–H groups in total. The van der Waals surface area contributed by atoms with Gasteiger partial charge in [-0.1, -0.05) is 20.8 Å². The SMILES string of the molecule is CCN1CCOC(Cn2c(C(C)C)nc3c2CCNC3)C1. The highest BCUT2D eigenvalue weighted by Crippen LogP contribution is 2.23. The lowest BCUT2D eigenvalue weighted by atomic mass is 10.1. The predicted molar refractivity (Wildman–Crippen MR) is 83.6 cm³/mol. The molecule has 0 spiro atoms. The van der Waals surface area contributed by atoms with Crippen molar-refractivity contribution in [2.24, 2.45) is 0 Å². The Labute approximate surface area is 127 Å². The Kier molecular flexibility index (Phi) is 4.62. The summed E-state index contributed by atoms with van der Waals surface area (Å²) >= 11 is 0. The first-order chi connectivity index (χ1) is 10.2. The number of nitrogens with one attached hydrogen (secondary N) is 1. The zero-order valence-corrected chi connectivity index (χ0v) is 13.6. The molecule has 2 aliphatic rings. The second kappa shape index (κ2) is 6.46. The Hall–Kier alpha value is -0.910. The molecule has 0 aliphatic carbocycles. The Balaban J connectivity index is 1.81. The van der Waals surface area contributed by atoms with Gasteiger partial charge >= 0.3 is 0 Å². The summed E-state index contributed by atoms with van der Waals surface area (Å²) in [5.74, 6) is 1.68. The number of nitrogens with zero attached hydrogens (tertiary/aromatic N) is 3. The predicted octanol–water partition coefficient (Wildman–Crippen LogP) is 1.37. The van der Waals surface area contributed by atoms with Crippen molar-refractivity contribution in [1.29, 1.82) is 0 Å². The molecular formula is C16H28N4O. The normalized spacial score (nSPS) is 23.5. The van der Waals surface area contributed by atoms with Crippen LogP contribution in [0.5, 0.6) is 0 Å². The highest BCUT2D eigenvalue weighted by Gasteiger charge is 2.25. The first-order valence-electron chi connectivity index (χ1n) is 8.31. The number of rotatable bonds is 4. The summed E-state index contributed by atoms with van der Waals surface area (Å²) in [6, 6.07) is 0. The quantitative estimate of drug-likeness (QED) is 0.910. The lowest BCUT2D eigenvalue weighted by Gasteiger charge is -2.33. The van der Waals surface area contributed by atoms with E-state index in [9.17, 15) is 0 Å². The summed E-state index contributed by atoms with van der Waals surface area (Å²) in [6.07, 6.45) is 1.38. The Bertz CT molecular complexity index is 483. The molecule has 0 bridgehead atoms. The van der Waals surface area contributed by atoms with Crippen molar-refractivity contribution < 1.29 is 4.74 Å². The Morgan fingerprint density at radius 2 is 2.29 bits per heavy atom. The molecule has 0 amide bonds. The van der Waals surface area contributed by atoms with Crippen LogP contribution in [0.2, 0.25) is 0 Å². The lowest BCUT2D eigenvalue weighted by molar-refractivity contribution is -0.0350. The van der Waals surface area contributed by atoms with E-state index in [1.54, 1.807) is 0 Å². The van der Waals surface area contributed by atoms with E-state index in [4.69, 9.17) is 9.72 Å². The van der Waals surface area contributed by atoms with E-state index in [0.717, 1.165) is 52.3 Å². The first kappa shape index (κ1) is 15.0. The third-order valence-corrected chi connectivity index (χ3v) is 4.59. The molecule has 1 aromatic heterocycles. The molecule has 21 heavy (non-hydrogen) atoms. The van der Waals surface area contributed by atoms with Gasteiger partial charge in [0.15, 0.2) is 0 Å². The lowest BCUT2D eigenvalue weighted by Crippen LogP contribution is -2.44. The van der Waals surface area contributed by atoms with Gasteiger partial charge in [-0.25, -0.2) is 4.98 Å². The molecule has 118 valence electrons. The van der Waals surface area contributed by atoms with Gasteiger partial charge in [0, 0.05) is 44.2 Å². The van der Waals surface area contributed by atoms with Crippen LogP contribution in [-0.4, -0.2) is 53.3 Å². The van der Waals surface area contributed by atoms with Gasteiger partial charge < -0.3 is 14.6 Å². The monoisotopic (exact) mass is 292 g/mol. The van der Waals surface area contributed by atoms with Crippen LogP contribution in [0, 0.1) is 0 Å². The average Bonchev–Trinajstić information content (AvgIpc) is 2.87. The topological polar surface area (TPSA) is 42.3 Å². The minimum atomic E-state index is 0.296. The van der Waals surface area contributed by atoms with Crippen LogP contribution in [0.25, 0.3) is 0 Å². The zero-order valence-electron chi connectivity index (χ0n) is 13.6. The van der Waals surface area contributed by atoms with Crippen molar-refractivity contribution in [3.05, 3.63) is 17.2 Å². The maximum atomic E-state index is 6.00. The van der Waals surface area contributed by atoms with E-state index in [1.165, 1.54) is 17.2 Å². The maximum absolute atomic E-state index is 6.00. The second-order valence-corrected chi connectivity index (χ2v) is 6.44. The summed E-state index contributed by atoms with van der Waals surface area (Å²) in [7, 11) is 0. The van der Waals surface area contributed by atoms with Crippen molar-refractivity contribution in [3.63, 3.8) is 0 Å². The van der Waals surface area contributed by atoms with Gasteiger partial charge in [0.05, 0.1) is 24.9 Å². The molecule has 0 aromatic carbocycles. The number of aromatic nitrogens is 2. The summed E-state index contributed by atoms with van der Waals surface area (Å²) in [5.41, 5.74) is 2.67. The standard InChI is InChI=1S/C16H28N4O/c1-4-19-7-8-21-13(10-19)11-20-15-5-6-17-9-14(15)18-16(20)12(2)3/h12-13,17H,4-11H2,1-3H3. The molecular weight excluding hydrogens is 264 g/mol. The molecule has 1 fully saturated rings. The summed E-state index contributed by atoms with van der Waals surface area (Å²) in [5, 5.41) is 3.42. The van der Waals surface area contributed by atoms with Crippen molar-refractivity contribution in [3.8, 4) is 0 Å². The van der Waals surface area contributed by atoms with Crippen LogP contribution in [-0.2, 0) is 24.2 Å². The van der Waals surface area contributed by atoms with Crippen molar-refractivity contribution in [2.45, 2.75) is 52.3 Å². The van der Waals surface area contributed by atoms with E-state index in [2.05, 4.69) is 35.6 Å². The molecule has 3 rings (SSSR count). The van der Waals surface area contributed by atoms with Crippen molar-refractivity contribution in [2.75, 3.05) is 32.8 Å². The molecule has 1 atom stereocenters. The maximum Gasteiger partial charge on any atom is 0.111 e. The largest absolute Gasteiger partial charge is 0.374 e. The number of fused-ring (bicyclic) bond motifs is 1. The molecule has 2 aliphatic heterocycles. The van der Waals surface area contributed by atoms with Crippen molar-refractivity contribution in [1.82, 2.24) is 19.8 Å². The molecule has 0 radical (unpaired) electrons. The minimum Gasteiger partial charge on any atom is -0.374 e. The number of likely N-dealkylation sites (N-methyl/N-ethyl adjacent to an activating group) is 1. The van der Waals surface area contributed by atoms with Crippen LogP contribution in [0.4, 0.5) is 0 Å². The van der Waals surface area contributed by atoms with E-state index < -0.39 is 0 Å². The first-order valence-corrected chi connectivity index (χ1v) is 8.31. The van der Waals surface area contributed by atoms with Gasteiger partial charge in [-0.05, 0) is 6.54 Å². The number of ether oxygens (including phenoxy) is 1. The number of morpholine rings is 1. The fourth-order valence-corrected chi connectivity index (χ4v) is 3.42. The van der Waals surface area contributed by atoms with Crippen LogP contribution < -0.4 is 5.32 Å². The van der Waals surface area contributed by atoms with Gasteiger partial charge in [0.2, 0.25) is 0 Å². The zero-order chi connectivity index (χ0) is 14.8. The van der Waals surface area contributed by atoms with Gasteiger partial charge in [0.25, 0.3) is 0 Å². The summed E-state index contributed by atoms with van der Waals surface area (Å²) in [4.78, 5) is 7.37. The molecule has 0 saturated carbocycles. The van der Waals surface area contributed by atoms with Crippen LogP contribution in [0.15, 0.2) is 0 Å². The fraction of sp³-hybridized carbons (Fsp3) is 0.812. The molecule has 5 nitrogen and oxygen atoms in total. The molecule has 1 unspecified atom stereocenters. The van der Waals surface area contributed by atoms with Gasteiger partial charge in [-0.2, -0.15) is 0 Å². The van der Waals surface area contributed by atoms with Crippen LogP contribution >= 0.6 is 0 Å². The molecule has 1 saturated heterocycles. The third-order valence-electron chi connectivity index (χ3n) is 4.59. The number of imidazole rings is 1. The molecule has 5 heteroatoms. The summed E-state index contributed by atoms with van der Waals surface area (Å²) < 4.78 is 8.45. The van der Waals surface area contributed by atoms with Gasteiger partial charge in [-0.3, -0.25) is 4.90 Å². The van der Waals surface area contributed by atoms with E-state index >= 15 is 0 Å². The van der Waals surface area contributed by atoms with Crippen LogP contribution in [0.1, 0.15) is 43.9 Å². The molecule has 1 aromatic rings. The highest BCUT2D eigenvalue weighted by molar-refractivity contribution is 5.22. The smallest absolute Gasteiger partial charge is 0.111 e. The van der Waals surface area contributed by atoms with Gasteiger partial charge in [0.1, 0.15) is 5.82 Å². The molecule has 3 heterocycles. The Morgan fingerprint density at radius 1 is 1.43 bits per heavy atom. The highest BCUT2D eigenvalue weighted by atomic mass is 16.5. The van der Waals surface area contributed by atoms with Crippen LogP contribution in [0.3, 0.4) is 0 Å². The third kappa shape index (κ3) is 3.15. The summed E-state index contributed by atoms with van der Waals surface area (Å²) in [6.45, 7) is 13.7. The Morgan fingerprint density at radius 3 is 3.05 bits per heavy atom. The number of hydrogen-bond acceptors (Lipinski definition) is 4. The minimum absolute atomic E-state index is 0.296. The van der Waals surface area contributed by atoms with E-state index in [0.29, 0.717) is 12.0 Å². The van der Waals surface area contributed by atoms with E-state index in [1.807, 2.05) is 0 Å². The van der Waals surface area contributed by atoms with Gasteiger partial charge in [-0.15, -0.1) is 0 Å².